The number of hydrogen-bond acceptors (Lipinski definition) is 3. The number of carbonyl (C=O) groups is 2. The zero-order valence-corrected chi connectivity index (χ0v) is 15.3. The van der Waals surface area contributed by atoms with Crippen LogP contribution >= 0.6 is 12.4 Å². The summed E-state index contributed by atoms with van der Waals surface area (Å²) in [6.45, 7) is 0.925. The zero-order chi connectivity index (χ0) is 16.8. The first kappa shape index (κ1) is 19.7. The standard InChI is InChI=1S/C19H27N3O2.ClH/c23-18(21-13-14-6-2-1-3-7-14)10-11-20-19(24)17-12-15-8-4-5-9-16(15)22-17;/h1-3,6-7,15-17,22H,4-5,8-13H2,(H,20,24)(H,21,23);1H. The number of nitrogens with one attached hydrogen (secondary N) is 3. The number of rotatable bonds is 6. The third kappa shape index (κ3) is 5.72. The third-order valence-electron chi connectivity index (χ3n) is 5.16. The van der Waals surface area contributed by atoms with Crippen molar-refractivity contribution < 1.29 is 9.59 Å². The maximum atomic E-state index is 12.2. The molecule has 0 aromatic heterocycles. The van der Waals surface area contributed by atoms with Crippen LogP contribution in [0.3, 0.4) is 0 Å². The second-order valence-electron chi connectivity index (χ2n) is 6.91. The van der Waals surface area contributed by atoms with Gasteiger partial charge in [0.2, 0.25) is 11.8 Å². The minimum absolute atomic E-state index is 0. The Labute approximate surface area is 155 Å². The predicted octanol–water partition coefficient (Wildman–Crippen LogP) is 2.15. The van der Waals surface area contributed by atoms with Crippen LogP contribution in [0.1, 0.15) is 44.1 Å². The van der Waals surface area contributed by atoms with Crippen LogP contribution < -0.4 is 16.0 Å². The summed E-state index contributed by atoms with van der Waals surface area (Å²) in [5.74, 6) is 0.663. The van der Waals surface area contributed by atoms with Gasteiger partial charge in [-0.3, -0.25) is 9.59 Å². The molecule has 138 valence electrons. The summed E-state index contributed by atoms with van der Waals surface area (Å²) in [6, 6.07) is 10.3. The molecule has 1 saturated heterocycles. The lowest BCUT2D eigenvalue weighted by Gasteiger charge is -2.24. The Kier molecular flexibility index (Phi) is 7.72. The normalized spacial score (nSPS) is 24.7. The Morgan fingerprint density at radius 3 is 2.60 bits per heavy atom. The van der Waals surface area contributed by atoms with Crippen molar-refractivity contribution >= 4 is 24.2 Å². The van der Waals surface area contributed by atoms with Crippen LogP contribution in [-0.4, -0.2) is 30.4 Å². The fourth-order valence-corrected chi connectivity index (χ4v) is 3.83. The van der Waals surface area contributed by atoms with Crippen molar-refractivity contribution in [1.29, 1.82) is 0 Å². The first-order valence-corrected chi connectivity index (χ1v) is 9.07. The highest BCUT2D eigenvalue weighted by Crippen LogP contribution is 2.33. The lowest BCUT2D eigenvalue weighted by Crippen LogP contribution is -2.44. The first-order valence-electron chi connectivity index (χ1n) is 9.07. The van der Waals surface area contributed by atoms with Crippen molar-refractivity contribution in [3.05, 3.63) is 35.9 Å². The minimum atomic E-state index is -0.0783. The monoisotopic (exact) mass is 365 g/mol. The molecule has 25 heavy (non-hydrogen) atoms. The molecule has 0 bridgehead atoms. The van der Waals surface area contributed by atoms with E-state index in [2.05, 4.69) is 16.0 Å². The van der Waals surface area contributed by atoms with Gasteiger partial charge in [0.15, 0.2) is 0 Å². The maximum absolute atomic E-state index is 12.2. The Morgan fingerprint density at radius 2 is 1.84 bits per heavy atom. The highest BCUT2D eigenvalue weighted by molar-refractivity contribution is 5.85. The van der Waals surface area contributed by atoms with E-state index in [1.54, 1.807) is 0 Å². The summed E-state index contributed by atoms with van der Waals surface area (Å²) in [4.78, 5) is 24.1. The predicted molar refractivity (Wildman–Crippen MR) is 100 cm³/mol. The van der Waals surface area contributed by atoms with Gasteiger partial charge in [-0.15, -0.1) is 12.4 Å². The molecule has 2 fully saturated rings. The lowest BCUT2D eigenvalue weighted by molar-refractivity contribution is -0.123. The number of amides is 2. The Bertz CT molecular complexity index is 553. The van der Waals surface area contributed by atoms with Crippen LogP contribution in [0.15, 0.2) is 30.3 Å². The van der Waals surface area contributed by atoms with Crippen LogP contribution in [0, 0.1) is 5.92 Å². The second kappa shape index (κ2) is 9.78. The van der Waals surface area contributed by atoms with Gasteiger partial charge < -0.3 is 16.0 Å². The summed E-state index contributed by atoms with van der Waals surface area (Å²) in [5, 5.41) is 9.24. The molecule has 5 nitrogen and oxygen atoms in total. The number of hydrogen-bond donors (Lipinski definition) is 3. The number of carbonyl (C=O) groups excluding carboxylic acids is 2. The fourth-order valence-electron chi connectivity index (χ4n) is 3.83. The van der Waals surface area contributed by atoms with E-state index >= 15 is 0 Å². The average Bonchev–Trinajstić information content (AvgIpc) is 3.05. The quantitative estimate of drug-likeness (QED) is 0.723. The molecule has 6 heteroatoms. The molecule has 2 aliphatic rings. The van der Waals surface area contributed by atoms with Crippen LogP contribution in [0.5, 0.6) is 0 Å². The van der Waals surface area contributed by atoms with Gasteiger partial charge in [0, 0.05) is 25.6 Å². The van der Waals surface area contributed by atoms with Crippen LogP contribution in [0.4, 0.5) is 0 Å². The van der Waals surface area contributed by atoms with Gasteiger partial charge in [0.1, 0.15) is 0 Å². The Hall–Kier alpha value is -1.59. The van der Waals surface area contributed by atoms with Crippen LogP contribution in [0.25, 0.3) is 0 Å². The molecule has 1 aromatic rings. The molecule has 0 radical (unpaired) electrons. The molecule has 3 atom stereocenters. The smallest absolute Gasteiger partial charge is 0.237 e. The molecular formula is C19H28ClN3O2. The summed E-state index contributed by atoms with van der Waals surface area (Å²) in [7, 11) is 0. The molecule has 1 heterocycles. The highest BCUT2D eigenvalue weighted by atomic mass is 35.5. The van der Waals surface area contributed by atoms with Crippen molar-refractivity contribution in [3.8, 4) is 0 Å². The Morgan fingerprint density at radius 1 is 1.08 bits per heavy atom. The van der Waals surface area contributed by atoms with Gasteiger partial charge in [-0.1, -0.05) is 43.2 Å². The topological polar surface area (TPSA) is 70.2 Å². The van der Waals surface area contributed by atoms with E-state index in [-0.39, 0.29) is 30.3 Å². The van der Waals surface area contributed by atoms with E-state index in [0.29, 0.717) is 31.5 Å². The second-order valence-corrected chi connectivity index (χ2v) is 6.91. The van der Waals surface area contributed by atoms with E-state index in [9.17, 15) is 9.59 Å². The number of fused-ring (bicyclic) bond motifs is 1. The van der Waals surface area contributed by atoms with Crippen molar-refractivity contribution in [2.24, 2.45) is 5.92 Å². The van der Waals surface area contributed by atoms with Crippen molar-refractivity contribution in [3.63, 3.8) is 0 Å². The van der Waals surface area contributed by atoms with Crippen LogP contribution in [-0.2, 0) is 16.1 Å². The molecule has 1 aliphatic heterocycles. The molecule has 3 N–H and O–H groups in total. The maximum Gasteiger partial charge on any atom is 0.237 e. The molecule has 2 amide bonds. The summed E-state index contributed by atoms with van der Waals surface area (Å²) < 4.78 is 0. The van der Waals surface area contributed by atoms with Gasteiger partial charge in [0.25, 0.3) is 0 Å². The van der Waals surface area contributed by atoms with Gasteiger partial charge in [-0.25, -0.2) is 0 Å². The minimum Gasteiger partial charge on any atom is -0.354 e. The van der Waals surface area contributed by atoms with Crippen molar-refractivity contribution in [2.75, 3.05) is 6.54 Å². The van der Waals surface area contributed by atoms with Gasteiger partial charge in [-0.2, -0.15) is 0 Å². The molecule has 1 aliphatic carbocycles. The zero-order valence-electron chi connectivity index (χ0n) is 14.5. The van der Waals surface area contributed by atoms with Gasteiger partial charge in [-0.05, 0) is 30.7 Å². The molecular weight excluding hydrogens is 338 g/mol. The summed E-state index contributed by atoms with van der Waals surface area (Å²) in [5.41, 5.74) is 1.08. The Balaban J connectivity index is 0.00000225. The summed E-state index contributed by atoms with van der Waals surface area (Å²) >= 11 is 0. The van der Waals surface area contributed by atoms with Gasteiger partial charge in [0.05, 0.1) is 6.04 Å². The number of benzene rings is 1. The molecule has 3 unspecified atom stereocenters. The SMILES string of the molecule is Cl.O=C(CCNC(=O)C1CC2CCCCC2N1)NCc1ccccc1. The average molecular weight is 366 g/mol. The van der Waals surface area contributed by atoms with E-state index in [1.807, 2.05) is 30.3 Å². The van der Waals surface area contributed by atoms with E-state index in [0.717, 1.165) is 12.0 Å². The first-order chi connectivity index (χ1) is 11.7. The molecule has 3 rings (SSSR count). The fraction of sp³-hybridized carbons (Fsp3) is 0.579. The molecule has 1 saturated carbocycles. The lowest BCUT2D eigenvalue weighted by atomic mass is 9.85. The molecule has 0 spiro atoms. The van der Waals surface area contributed by atoms with Gasteiger partial charge >= 0.3 is 0 Å². The van der Waals surface area contributed by atoms with E-state index in [4.69, 9.17) is 0 Å². The molecule has 1 aromatic carbocycles. The van der Waals surface area contributed by atoms with E-state index in [1.165, 1.54) is 25.7 Å². The van der Waals surface area contributed by atoms with Crippen molar-refractivity contribution in [2.45, 2.75) is 57.2 Å². The van der Waals surface area contributed by atoms with E-state index < -0.39 is 0 Å². The third-order valence-corrected chi connectivity index (χ3v) is 5.16. The van der Waals surface area contributed by atoms with Crippen LogP contribution in [0.2, 0.25) is 0 Å². The highest BCUT2D eigenvalue weighted by Gasteiger charge is 2.37. The van der Waals surface area contributed by atoms with Crippen molar-refractivity contribution in [1.82, 2.24) is 16.0 Å². The summed E-state index contributed by atoms with van der Waals surface area (Å²) in [6.07, 6.45) is 6.25. The number of halogens is 1. The largest absolute Gasteiger partial charge is 0.354 e.